The van der Waals surface area contributed by atoms with Gasteiger partial charge in [0.2, 0.25) is 10.0 Å². The summed E-state index contributed by atoms with van der Waals surface area (Å²) in [5, 5.41) is 8.27. The van der Waals surface area contributed by atoms with Crippen molar-refractivity contribution in [1.29, 1.82) is 0 Å². The third-order valence-electron chi connectivity index (χ3n) is 3.25. The third-order valence-corrected chi connectivity index (χ3v) is 4.96. The molecule has 20 heavy (non-hydrogen) atoms. The van der Waals surface area contributed by atoms with Gasteiger partial charge in [0, 0.05) is 6.42 Å². The lowest BCUT2D eigenvalue weighted by atomic mass is 10.0. The van der Waals surface area contributed by atoms with Crippen molar-refractivity contribution in [1.82, 2.24) is 4.41 Å². The fourth-order valence-corrected chi connectivity index (χ4v) is 3.92. The number of hydrogen-bond donors (Lipinski definition) is 0. The van der Waals surface area contributed by atoms with E-state index in [1.165, 1.54) is 10.7 Å². The van der Waals surface area contributed by atoms with Crippen LogP contribution in [0.3, 0.4) is 0 Å². The molecule has 0 unspecified atom stereocenters. The summed E-state index contributed by atoms with van der Waals surface area (Å²) in [5.41, 5.74) is 2.78. The summed E-state index contributed by atoms with van der Waals surface area (Å²) in [5.74, 6) is 0. The molecule has 1 aromatic carbocycles. The van der Waals surface area contributed by atoms with E-state index in [0.29, 0.717) is 6.42 Å². The Labute approximate surface area is 122 Å². The number of sulfonamides is 1. The molecule has 0 aliphatic carbocycles. The number of nitrogens with zero attached hydrogens (tertiary/aromatic N) is 2. The SMILES string of the molecule is CS(=O)(=O)N1N=C(c2ccccc2)C[C@H]1c1ccsc1. The van der Waals surface area contributed by atoms with Gasteiger partial charge in [-0.25, -0.2) is 8.42 Å². The first-order valence-corrected chi connectivity index (χ1v) is 8.99. The summed E-state index contributed by atoms with van der Waals surface area (Å²) in [6, 6.07) is 11.4. The molecular weight excluding hydrogens is 292 g/mol. The number of hydrazone groups is 1. The largest absolute Gasteiger partial charge is 0.247 e. The van der Waals surface area contributed by atoms with Gasteiger partial charge in [-0.05, 0) is 28.0 Å². The second-order valence-corrected chi connectivity index (χ2v) is 7.35. The Balaban J connectivity index is 2.00. The molecule has 0 radical (unpaired) electrons. The molecule has 2 aromatic rings. The Morgan fingerprint density at radius 2 is 2.00 bits per heavy atom. The molecule has 0 N–H and O–H groups in total. The number of thiophene rings is 1. The quantitative estimate of drug-likeness (QED) is 0.875. The van der Waals surface area contributed by atoms with Gasteiger partial charge in [0.05, 0.1) is 18.0 Å². The molecule has 3 rings (SSSR count). The summed E-state index contributed by atoms with van der Waals surface area (Å²) in [7, 11) is -3.37. The van der Waals surface area contributed by atoms with Crippen molar-refractivity contribution in [2.24, 2.45) is 5.10 Å². The fourth-order valence-electron chi connectivity index (χ4n) is 2.31. The minimum absolute atomic E-state index is 0.230. The highest BCUT2D eigenvalue weighted by Crippen LogP contribution is 2.35. The predicted octanol–water partition coefficient (Wildman–Crippen LogP) is 2.86. The molecule has 1 aliphatic rings. The third kappa shape index (κ3) is 2.48. The minimum Gasteiger partial charge on any atom is -0.205 e. The average molecular weight is 306 g/mol. The van der Waals surface area contributed by atoms with Crippen molar-refractivity contribution >= 4 is 27.1 Å². The van der Waals surface area contributed by atoms with Crippen LogP contribution in [-0.2, 0) is 10.0 Å². The highest BCUT2D eigenvalue weighted by atomic mass is 32.2. The second kappa shape index (κ2) is 5.03. The van der Waals surface area contributed by atoms with Crippen LogP contribution in [0.1, 0.15) is 23.6 Å². The summed E-state index contributed by atoms with van der Waals surface area (Å²) >= 11 is 1.56. The molecule has 6 heteroatoms. The molecule has 1 aromatic heterocycles. The van der Waals surface area contributed by atoms with Crippen LogP contribution < -0.4 is 0 Å². The molecule has 0 saturated heterocycles. The van der Waals surface area contributed by atoms with E-state index >= 15 is 0 Å². The van der Waals surface area contributed by atoms with Crippen molar-refractivity contribution < 1.29 is 8.42 Å². The smallest absolute Gasteiger partial charge is 0.205 e. The molecule has 0 amide bonds. The topological polar surface area (TPSA) is 49.7 Å². The maximum atomic E-state index is 11.9. The summed E-state index contributed by atoms with van der Waals surface area (Å²) < 4.78 is 25.1. The van der Waals surface area contributed by atoms with Crippen LogP contribution in [-0.4, -0.2) is 24.8 Å². The normalized spacial score (nSPS) is 19.1. The van der Waals surface area contributed by atoms with E-state index < -0.39 is 10.0 Å². The van der Waals surface area contributed by atoms with Crippen LogP contribution >= 0.6 is 11.3 Å². The van der Waals surface area contributed by atoms with E-state index in [1.54, 1.807) is 11.3 Å². The van der Waals surface area contributed by atoms with E-state index in [0.717, 1.165) is 16.8 Å². The van der Waals surface area contributed by atoms with Crippen LogP contribution in [0.5, 0.6) is 0 Å². The minimum atomic E-state index is -3.37. The molecular formula is C14H14N2O2S2. The number of hydrogen-bond acceptors (Lipinski definition) is 4. The fraction of sp³-hybridized carbons (Fsp3) is 0.214. The molecule has 4 nitrogen and oxygen atoms in total. The number of rotatable bonds is 3. The molecule has 2 heterocycles. The van der Waals surface area contributed by atoms with Gasteiger partial charge in [0.15, 0.2) is 0 Å². The zero-order valence-corrected chi connectivity index (χ0v) is 12.6. The Hall–Kier alpha value is -1.66. The van der Waals surface area contributed by atoms with Crippen LogP contribution in [0.4, 0.5) is 0 Å². The summed E-state index contributed by atoms with van der Waals surface area (Å²) in [6.07, 6.45) is 1.80. The first kappa shape index (κ1) is 13.3. The monoisotopic (exact) mass is 306 g/mol. The van der Waals surface area contributed by atoms with Gasteiger partial charge in [-0.3, -0.25) is 0 Å². The predicted molar refractivity (Wildman–Crippen MR) is 81.3 cm³/mol. The summed E-state index contributed by atoms with van der Waals surface area (Å²) in [6.45, 7) is 0. The van der Waals surface area contributed by atoms with E-state index in [4.69, 9.17) is 0 Å². The lowest BCUT2D eigenvalue weighted by molar-refractivity contribution is 0.375. The first-order chi connectivity index (χ1) is 9.55. The van der Waals surface area contributed by atoms with E-state index in [9.17, 15) is 8.42 Å². The Bertz CT molecular complexity index is 722. The highest BCUT2D eigenvalue weighted by Gasteiger charge is 2.34. The van der Waals surface area contributed by atoms with Gasteiger partial charge in [-0.15, -0.1) is 0 Å². The Morgan fingerprint density at radius 3 is 2.60 bits per heavy atom. The van der Waals surface area contributed by atoms with Crippen molar-refractivity contribution in [2.45, 2.75) is 12.5 Å². The lowest BCUT2D eigenvalue weighted by Crippen LogP contribution is -2.25. The zero-order chi connectivity index (χ0) is 14.2. The summed E-state index contributed by atoms with van der Waals surface area (Å²) in [4.78, 5) is 0. The number of benzene rings is 1. The van der Waals surface area contributed by atoms with Gasteiger partial charge in [0.1, 0.15) is 0 Å². The van der Waals surface area contributed by atoms with E-state index in [2.05, 4.69) is 5.10 Å². The zero-order valence-electron chi connectivity index (χ0n) is 10.9. The molecule has 104 valence electrons. The van der Waals surface area contributed by atoms with Gasteiger partial charge < -0.3 is 0 Å². The molecule has 1 atom stereocenters. The highest BCUT2D eigenvalue weighted by molar-refractivity contribution is 7.88. The molecule has 0 saturated carbocycles. The van der Waals surface area contributed by atoms with Crippen molar-refractivity contribution in [3.63, 3.8) is 0 Å². The molecule has 0 spiro atoms. The second-order valence-electron chi connectivity index (χ2n) is 4.72. The molecule has 0 fully saturated rings. The van der Waals surface area contributed by atoms with E-state index in [-0.39, 0.29) is 6.04 Å². The molecule has 0 bridgehead atoms. The van der Waals surface area contributed by atoms with Gasteiger partial charge >= 0.3 is 0 Å². The van der Waals surface area contributed by atoms with Gasteiger partial charge in [0.25, 0.3) is 0 Å². The van der Waals surface area contributed by atoms with E-state index in [1.807, 2.05) is 47.2 Å². The van der Waals surface area contributed by atoms with Crippen LogP contribution in [0.25, 0.3) is 0 Å². The van der Waals surface area contributed by atoms with Crippen molar-refractivity contribution in [2.75, 3.05) is 6.26 Å². The van der Waals surface area contributed by atoms with Crippen LogP contribution in [0.15, 0.2) is 52.3 Å². The van der Waals surface area contributed by atoms with Crippen LogP contribution in [0, 0.1) is 0 Å². The van der Waals surface area contributed by atoms with Gasteiger partial charge in [-0.2, -0.15) is 20.9 Å². The first-order valence-electron chi connectivity index (χ1n) is 6.20. The standard InChI is InChI=1S/C14H14N2O2S2/c1-20(17,18)16-14(12-7-8-19-10-12)9-13(15-16)11-5-3-2-4-6-11/h2-8,10,14H,9H2,1H3/t14-/m0/s1. The maximum Gasteiger partial charge on any atom is 0.247 e. The Kier molecular flexibility index (Phi) is 3.35. The lowest BCUT2D eigenvalue weighted by Gasteiger charge is -2.20. The Morgan fingerprint density at radius 1 is 1.25 bits per heavy atom. The van der Waals surface area contributed by atoms with Crippen molar-refractivity contribution in [3.8, 4) is 0 Å². The molecule has 1 aliphatic heterocycles. The maximum absolute atomic E-state index is 11.9. The average Bonchev–Trinajstić information content (AvgIpc) is 3.08. The van der Waals surface area contributed by atoms with Gasteiger partial charge in [-0.1, -0.05) is 30.3 Å². The van der Waals surface area contributed by atoms with Crippen LogP contribution in [0.2, 0.25) is 0 Å². The van der Waals surface area contributed by atoms with Crippen molar-refractivity contribution in [3.05, 3.63) is 58.3 Å².